The van der Waals surface area contributed by atoms with Crippen LogP contribution in [0.5, 0.6) is 0 Å². The van der Waals surface area contributed by atoms with Crippen molar-refractivity contribution >= 4 is 5.91 Å². The highest BCUT2D eigenvalue weighted by Gasteiger charge is 2.31. The van der Waals surface area contributed by atoms with Crippen molar-refractivity contribution in [2.45, 2.75) is 19.4 Å². The lowest BCUT2D eigenvalue weighted by molar-refractivity contribution is 0.0772. The van der Waals surface area contributed by atoms with Crippen LogP contribution in [0.25, 0.3) is 11.4 Å². The molecule has 0 N–H and O–H groups in total. The summed E-state index contributed by atoms with van der Waals surface area (Å²) in [6.07, 6.45) is 9.81. The van der Waals surface area contributed by atoms with Crippen LogP contribution >= 0.6 is 0 Å². The summed E-state index contributed by atoms with van der Waals surface area (Å²) < 4.78 is 3.99. The predicted molar refractivity (Wildman–Crippen MR) is 93.0 cm³/mol. The van der Waals surface area contributed by atoms with E-state index in [1.807, 2.05) is 36.5 Å². The Labute approximate surface area is 146 Å². The van der Waals surface area contributed by atoms with Gasteiger partial charge in [0.2, 0.25) is 0 Å². The average molecular weight is 336 g/mol. The third-order valence-corrected chi connectivity index (χ3v) is 4.73. The first-order valence-corrected chi connectivity index (χ1v) is 8.36. The van der Waals surface area contributed by atoms with Gasteiger partial charge in [-0.25, -0.2) is 9.97 Å². The summed E-state index contributed by atoms with van der Waals surface area (Å²) in [4.78, 5) is 27.5. The van der Waals surface area contributed by atoms with Crippen molar-refractivity contribution in [1.82, 2.24) is 29.0 Å². The lowest BCUT2D eigenvalue weighted by Crippen LogP contribution is -2.31. The van der Waals surface area contributed by atoms with Crippen LogP contribution in [0.1, 0.15) is 28.8 Å². The fraction of sp³-hybridized carbons (Fsp3) is 0.333. The zero-order valence-electron chi connectivity index (χ0n) is 14.3. The summed E-state index contributed by atoms with van der Waals surface area (Å²) in [7, 11) is 1.84. The quantitative estimate of drug-likeness (QED) is 0.734. The van der Waals surface area contributed by atoms with Crippen LogP contribution in [-0.4, -0.2) is 48.0 Å². The summed E-state index contributed by atoms with van der Waals surface area (Å²) in [5.41, 5.74) is 2.08. The number of amides is 1. The number of pyridine rings is 1. The number of hydrogen-bond acceptors (Lipinski definition) is 4. The molecule has 7 nitrogen and oxygen atoms in total. The van der Waals surface area contributed by atoms with Crippen molar-refractivity contribution < 1.29 is 4.79 Å². The Kier molecular flexibility index (Phi) is 3.83. The lowest BCUT2D eigenvalue weighted by Gasteiger charge is -2.19. The highest BCUT2D eigenvalue weighted by molar-refractivity contribution is 5.91. The predicted octanol–water partition coefficient (Wildman–Crippen LogP) is 2.07. The topological polar surface area (TPSA) is 68.8 Å². The van der Waals surface area contributed by atoms with Gasteiger partial charge in [-0.2, -0.15) is 0 Å². The van der Waals surface area contributed by atoms with Crippen molar-refractivity contribution in [1.29, 1.82) is 0 Å². The standard InChI is InChI=1S/C18H20N6O/c1-13-10-21-16(14-4-3-6-19-11-14)24(13)15-5-8-23(12-15)18(25)17-20-7-9-22(17)2/h3-4,6-7,9-11,15H,5,8,12H2,1-2H3. The van der Waals surface area contributed by atoms with E-state index in [4.69, 9.17) is 0 Å². The van der Waals surface area contributed by atoms with Crippen LogP contribution in [0.2, 0.25) is 0 Å². The summed E-state index contributed by atoms with van der Waals surface area (Å²) in [6, 6.07) is 4.13. The molecule has 0 spiro atoms. The Balaban J connectivity index is 1.60. The van der Waals surface area contributed by atoms with Crippen molar-refractivity contribution in [2.24, 2.45) is 7.05 Å². The number of carbonyl (C=O) groups is 1. The minimum absolute atomic E-state index is 0.0179. The molecule has 1 amide bonds. The van der Waals surface area contributed by atoms with Gasteiger partial charge < -0.3 is 14.0 Å². The fourth-order valence-electron chi connectivity index (χ4n) is 3.47. The number of carbonyl (C=O) groups excluding carboxylic acids is 1. The number of likely N-dealkylation sites (tertiary alicyclic amines) is 1. The van der Waals surface area contributed by atoms with E-state index in [0.29, 0.717) is 12.4 Å². The number of hydrogen-bond donors (Lipinski definition) is 0. The lowest BCUT2D eigenvalue weighted by atomic mass is 10.2. The molecule has 0 aromatic carbocycles. The van der Waals surface area contributed by atoms with E-state index >= 15 is 0 Å². The van der Waals surface area contributed by atoms with Crippen LogP contribution < -0.4 is 0 Å². The molecule has 0 aliphatic carbocycles. The molecule has 1 aliphatic heterocycles. The molecular formula is C18H20N6O. The minimum Gasteiger partial charge on any atom is -0.334 e. The second-order valence-electron chi connectivity index (χ2n) is 6.39. The summed E-state index contributed by atoms with van der Waals surface area (Å²) in [5, 5.41) is 0. The molecule has 1 atom stereocenters. The smallest absolute Gasteiger partial charge is 0.289 e. The fourth-order valence-corrected chi connectivity index (χ4v) is 3.47. The van der Waals surface area contributed by atoms with Gasteiger partial charge in [0.05, 0.1) is 6.04 Å². The van der Waals surface area contributed by atoms with Crippen molar-refractivity contribution in [3.8, 4) is 11.4 Å². The maximum absolute atomic E-state index is 12.7. The van der Waals surface area contributed by atoms with Gasteiger partial charge in [-0.15, -0.1) is 0 Å². The molecule has 1 saturated heterocycles. The zero-order chi connectivity index (χ0) is 17.4. The molecule has 1 fully saturated rings. The normalized spacial score (nSPS) is 17.2. The monoisotopic (exact) mass is 336 g/mol. The largest absolute Gasteiger partial charge is 0.334 e. The van der Waals surface area contributed by atoms with E-state index in [0.717, 1.165) is 30.0 Å². The maximum atomic E-state index is 12.7. The molecule has 4 heterocycles. The van der Waals surface area contributed by atoms with Crippen LogP contribution in [0.15, 0.2) is 43.1 Å². The van der Waals surface area contributed by atoms with Gasteiger partial charge in [-0.3, -0.25) is 9.78 Å². The number of aromatic nitrogens is 5. The van der Waals surface area contributed by atoms with Crippen molar-refractivity contribution in [2.75, 3.05) is 13.1 Å². The molecule has 4 rings (SSSR count). The molecule has 0 radical (unpaired) electrons. The number of imidazole rings is 2. The van der Waals surface area contributed by atoms with Crippen molar-refractivity contribution in [3.63, 3.8) is 0 Å². The SMILES string of the molecule is Cc1cnc(-c2cccnc2)n1C1CCN(C(=O)c2nccn2C)C1. The number of nitrogens with zero attached hydrogens (tertiary/aromatic N) is 6. The number of aryl methyl sites for hydroxylation is 2. The molecule has 7 heteroatoms. The van der Waals surface area contributed by atoms with Gasteiger partial charge in [0.25, 0.3) is 5.91 Å². The summed E-state index contributed by atoms with van der Waals surface area (Å²) >= 11 is 0. The van der Waals surface area contributed by atoms with E-state index in [1.54, 1.807) is 23.2 Å². The van der Waals surface area contributed by atoms with Crippen LogP contribution in [0.4, 0.5) is 0 Å². The Morgan fingerprint density at radius 2 is 2.12 bits per heavy atom. The molecule has 0 saturated carbocycles. The van der Waals surface area contributed by atoms with E-state index in [9.17, 15) is 4.79 Å². The molecular weight excluding hydrogens is 316 g/mol. The molecule has 1 unspecified atom stereocenters. The molecule has 128 valence electrons. The average Bonchev–Trinajstić information content (AvgIpc) is 3.34. The van der Waals surface area contributed by atoms with Crippen LogP contribution in [-0.2, 0) is 7.05 Å². The Morgan fingerprint density at radius 1 is 1.24 bits per heavy atom. The van der Waals surface area contributed by atoms with Gasteiger partial charge in [-0.05, 0) is 25.5 Å². The molecule has 1 aliphatic rings. The minimum atomic E-state index is -0.0179. The summed E-state index contributed by atoms with van der Waals surface area (Å²) in [5.74, 6) is 1.37. The van der Waals surface area contributed by atoms with Gasteiger partial charge in [0.1, 0.15) is 5.82 Å². The van der Waals surface area contributed by atoms with Gasteiger partial charge in [0, 0.05) is 62.4 Å². The Hall–Kier alpha value is -2.96. The first-order chi connectivity index (χ1) is 12.1. The maximum Gasteiger partial charge on any atom is 0.289 e. The number of rotatable bonds is 3. The summed E-state index contributed by atoms with van der Waals surface area (Å²) in [6.45, 7) is 3.44. The molecule has 3 aromatic rings. The Morgan fingerprint density at radius 3 is 2.84 bits per heavy atom. The third kappa shape index (κ3) is 2.71. The molecule has 0 bridgehead atoms. The van der Waals surface area contributed by atoms with E-state index in [-0.39, 0.29) is 11.9 Å². The van der Waals surface area contributed by atoms with Gasteiger partial charge in [0.15, 0.2) is 5.82 Å². The molecule has 25 heavy (non-hydrogen) atoms. The Bertz CT molecular complexity index is 897. The second kappa shape index (κ2) is 6.16. The second-order valence-corrected chi connectivity index (χ2v) is 6.39. The first-order valence-electron chi connectivity index (χ1n) is 8.36. The van der Waals surface area contributed by atoms with Gasteiger partial charge >= 0.3 is 0 Å². The highest BCUT2D eigenvalue weighted by atomic mass is 16.2. The van der Waals surface area contributed by atoms with Crippen LogP contribution in [0, 0.1) is 6.92 Å². The van der Waals surface area contributed by atoms with Gasteiger partial charge in [-0.1, -0.05) is 0 Å². The first kappa shape index (κ1) is 15.6. The van der Waals surface area contributed by atoms with E-state index < -0.39 is 0 Å². The van der Waals surface area contributed by atoms with E-state index in [2.05, 4.69) is 26.4 Å². The zero-order valence-corrected chi connectivity index (χ0v) is 14.3. The third-order valence-electron chi connectivity index (χ3n) is 4.73. The molecule has 3 aromatic heterocycles. The van der Waals surface area contributed by atoms with Crippen LogP contribution in [0.3, 0.4) is 0 Å². The van der Waals surface area contributed by atoms with Crippen molar-refractivity contribution in [3.05, 3.63) is 54.6 Å². The van der Waals surface area contributed by atoms with E-state index in [1.165, 1.54) is 0 Å². The highest BCUT2D eigenvalue weighted by Crippen LogP contribution is 2.29.